The molecule has 2 bridgehead atoms. The van der Waals surface area contributed by atoms with Crippen LogP contribution in [0.1, 0.15) is 114 Å². The molecule has 20 rings (SSSR count). The van der Waals surface area contributed by atoms with E-state index in [9.17, 15) is 4.79 Å². The van der Waals surface area contributed by atoms with Crippen molar-refractivity contribution in [2.45, 2.75) is 86.1 Å². The van der Waals surface area contributed by atoms with Crippen LogP contribution in [-0.2, 0) is 26.0 Å². The SMILES string of the molecule is CC(=O)O[C@]12C[C@H](c3ccccc31)C13c4c5c6c7c8c4=C4CCC=8C8C=CC9C%10C=CC%11C%12=c%13c%14c(c-5c5c%13=C(CC%12)C(CCC41)C532)C6=C(C9C78)C%10C%14%11. The molecule has 3 aromatic carbocycles. The zero-order valence-electron chi connectivity index (χ0n) is 29.7. The van der Waals surface area contributed by atoms with Gasteiger partial charge in [-0.1, -0.05) is 76.4 Å². The van der Waals surface area contributed by atoms with Gasteiger partial charge in [0.05, 0.1) is 5.41 Å². The highest BCUT2D eigenvalue weighted by Gasteiger charge is 2.88. The van der Waals surface area contributed by atoms with Crippen molar-refractivity contribution < 1.29 is 9.53 Å². The molecule has 2 nitrogen and oxygen atoms in total. The average Bonchev–Trinajstić information content (AvgIpc) is 4.03. The minimum atomic E-state index is -0.629. The number of ether oxygens (including phenoxy) is 1. The number of fused-ring (bicyclic) bond motifs is 5. The molecule has 0 radical (unpaired) electrons. The van der Waals surface area contributed by atoms with Gasteiger partial charge in [-0.3, -0.25) is 4.79 Å². The molecule has 0 saturated heterocycles. The van der Waals surface area contributed by atoms with Gasteiger partial charge in [-0.15, -0.1) is 0 Å². The van der Waals surface area contributed by atoms with Crippen LogP contribution in [0.3, 0.4) is 0 Å². The summed E-state index contributed by atoms with van der Waals surface area (Å²) in [6, 6.07) is 9.45. The van der Waals surface area contributed by atoms with Crippen LogP contribution >= 0.6 is 0 Å². The quantitative estimate of drug-likeness (QED) is 0.176. The van der Waals surface area contributed by atoms with Crippen LogP contribution < -0.4 is 20.9 Å². The summed E-state index contributed by atoms with van der Waals surface area (Å²) < 4.78 is 7.36. The van der Waals surface area contributed by atoms with Crippen LogP contribution in [0.5, 0.6) is 0 Å². The molecule has 0 heterocycles. The first-order valence-corrected chi connectivity index (χ1v) is 21.5. The molecule has 12 unspecified atom stereocenters. The first-order chi connectivity index (χ1) is 26.1. The Morgan fingerprint density at radius 3 is 2.00 bits per heavy atom. The molecule has 14 atom stereocenters. The zero-order chi connectivity index (χ0) is 33.3. The van der Waals surface area contributed by atoms with Gasteiger partial charge in [0.1, 0.15) is 5.60 Å². The number of hydrogen-bond donors (Lipinski definition) is 0. The van der Waals surface area contributed by atoms with Crippen molar-refractivity contribution in [2.75, 3.05) is 0 Å². The van der Waals surface area contributed by atoms with Crippen LogP contribution in [0.4, 0.5) is 0 Å². The van der Waals surface area contributed by atoms with Gasteiger partial charge >= 0.3 is 5.97 Å². The minimum Gasteiger partial charge on any atom is -0.453 e. The lowest BCUT2D eigenvalue weighted by Crippen LogP contribution is -2.68. The second kappa shape index (κ2) is 6.62. The number of rotatable bonds is 1. The molecule has 0 aliphatic heterocycles. The molecule has 53 heavy (non-hydrogen) atoms. The summed E-state index contributed by atoms with van der Waals surface area (Å²) in [5.74, 6) is 6.29. The molecule has 0 amide bonds. The molecule has 17 aliphatic carbocycles. The van der Waals surface area contributed by atoms with E-state index in [0.29, 0.717) is 65.1 Å². The van der Waals surface area contributed by atoms with Gasteiger partial charge in [0.15, 0.2) is 0 Å². The Bertz CT molecular complexity index is 3140. The largest absolute Gasteiger partial charge is 0.453 e. The van der Waals surface area contributed by atoms with Crippen LogP contribution in [0.25, 0.3) is 39.0 Å². The van der Waals surface area contributed by atoms with E-state index in [1.54, 1.807) is 72.3 Å². The predicted octanol–water partition coefficient (Wildman–Crippen LogP) is 6.23. The highest BCUT2D eigenvalue weighted by atomic mass is 16.6. The predicted molar refractivity (Wildman–Crippen MR) is 200 cm³/mol. The fourth-order valence-electron chi connectivity index (χ4n) is 20.9. The van der Waals surface area contributed by atoms with Gasteiger partial charge in [-0.2, -0.15) is 0 Å². The molecule has 0 N–H and O–H groups in total. The van der Waals surface area contributed by atoms with Crippen molar-refractivity contribution in [3.05, 3.63) is 120 Å². The summed E-state index contributed by atoms with van der Waals surface area (Å²) in [5.41, 5.74) is 27.1. The van der Waals surface area contributed by atoms with Crippen molar-refractivity contribution >= 4 is 33.8 Å². The fraction of sp³-hybridized carbons (Fsp3) is 0.431. The molecule has 2 heteroatoms. The molecule has 252 valence electrons. The molecule has 0 aromatic heterocycles. The molecule has 17 aliphatic rings. The van der Waals surface area contributed by atoms with Crippen molar-refractivity contribution in [3.63, 3.8) is 0 Å². The van der Waals surface area contributed by atoms with Gasteiger partial charge in [0.25, 0.3) is 0 Å². The van der Waals surface area contributed by atoms with Crippen LogP contribution in [0.15, 0.2) is 54.1 Å². The Morgan fingerprint density at radius 1 is 0.660 bits per heavy atom. The molecule has 3 aromatic rings. The topological polar surface area (TPSA) is 26.3 Å². The zero-order valence-corrected chi connectivity index (χ0v) is 29.7. The third kappa shape index (κ3) is 1.75. The number of allylic oxidation sites excluding steroid dienone is 5. The van der Waals surface area contributed by atoms with E-state index in [0.717, 1.165) is 6.42 Å². The van der Waals surface area contributed by atoms with E-state index in [2.05, 4.69) is 48.6 Å². The summed E-state index contributed by atoms with van der Waals surface area (Å²) >= 11 is 0. The minimum absolute atomic E-state index is 0.0522. The Balaban J connectivity index is 1.17. The lowest BCUT2D eigenvalue weighted by Gasteiger charge is -2.65. The Labute approximate surface area is 306 Å². The molecular formula is C51H36O2. The van der Waals surface area contributed by atoms with Gasteiger partial charge in [0.2, 0.25) is 0 Å². The third-order valence-electron chi connectivity index (χ3n) is 20.7. The lowest BCUT2D eigenvalue weighted by atomic mass is 9.37. The fourth-order valence-corrected chi connectivity index (χ4v) is 20.9. The Hall–Kier alpha value is -4.17. The maximum Gasteiger partial charge on any atom is 0.303 e. The summed E-state index contributed by atoms with van der Waals surface area (Å²) in [4.78, 5) is 13.9. The number of esters is 1. The van der Waals surface area contributed by atoms with Crippen molar-refractivity contribution in [1.29, 1.82) is 0 Å². The summed E-state index contributed by atoms with van der Waals surface area (Å²) in [5, 5.41) is 7.03. The van der Waals surface area contributed by atoms with E-state index >= 15 is 0 Å². The lowest BCUT2D eigenvalue weighted by molar-refractivity contribution is -0.174. The van der Waals surface area contributed by atoms with Crippen molar-refractivity contribution in [3.8, 4) is 11.1 Å². The molecule has 2 spiro atoms. The monoisotopic (exact) mass is 680 g/mol. The van der Waals surface area contributed by atoms with Gasteiger partial charge in [0, 0.05) is 42.4 Å². The van der Waals surface area contributed by atoms with Crippen LogP contribution in [-0.4, -0.2) is 5.97 Å². The summed E-state index contributed by atoms with van der Waals surface area (Å²) in [6.07, 6.45) is 19.5. The maximum absolute atomic E-state index is 13.9. The standard InChI is InChI=1S/C51H36O2/c1-17(52)53-49-16-30(24-4-2-3-5-27(24)49)50-28-14-15-29-26-13-11-23-21-9-7-19-18-6-8-20-22-10-12-25(28)37-35(22)40-33(20)31(18)39-32(19)34(21)41-36(23)38(26)48(51(29,49)50)46-44(41)42(39)43(40)45(46)47(37)50/h2-9,18-21,28-34H,10-16H2,1H3/t18?,19?,20?,21?,28?,29?,30-,31?,32?,33?,34?,49-,50?,51?/m1/s1. The highest BCUT2D eigenvalue weighted by molar-refractivity contribution is 6.13. The van der Waals surface area contributed by atoms with E-state index in [4.69, 9.17) is 4.74 Å². The number of hydrogen-bond acceptors (Lipinski definition) is 2. The first-order valence-electron chi connectivity index (χ1n) is 21.5. The molecule has 3 saturated carbocycles. The smallest absolute Gasteiger partial charge is 0.303 e. The van der Waals surface area contributed by atoms with E-state index < -0.39 is 5.60 Å². The Morgan fingerprint density at radius 2 is 1.28 bits per heavy atom. The number of carbonyl (C=O) groups is 1. The second-order valence-electron chi connectivity index (χ2n) is 20.7. The third-order valence-corrected chi connectivity index (χ3v) is 20.7. The Kier molecular flexibility index (Phi) is 3.13. The summed E-state index contributed by atoms with van der Waals surface area (Å²) in [7, 11) is 0. The van der Waals surface area contributed by atoms with Gasteiger partial charge in [-0.05, 0) is 162 Å². The van der Waals surface area contributed by atoms with Crippen molar-refractivity contribution in [2.24, 2.45) is 47.3 Å². The van der Waals surface area contributed by atoms with Gasteiger partial charge < -0.3 is 4.74 Å². The van der Waals surface area contributed by atoms with Crippen LogP contribution in [0.2, 0.25) is 0 Å². The molecular weight excluding hydrogens is 645 g/mol. The highest BCUT2D eigenvalue weighted by Crippen LogP contribution is 2.88. The van der Waals surface area contributed by atoms with E-state index in [1.165, 1.54) is 49.7 Å². The van der Waals surface area contributed by atoms with Crippen molar-refractivity contribution in [1.82, 2.24) is 0 Å². The first kappa shape index (κ1) is 25.0. The van der Waals surface area contributed by atoms with E-state index in [-0.39, 0.29) is 16.8 Å². The number of benzene rings is 3. The van der Waals surface area contributed by atoms with E-state index in [1.807, 2.05) is 33.4 Å². The summed E-state index contributed by atoms with van der Waals surface area (Å²) in [6.45, 7) is 1.73. The maximum atomic E-state index is 13.9. The second-order valence-corrected chi connectivity index (χ2v) is 20.7. The molecule has 3 fully saturated rings. The van der Waals surface area contributed by atoms with Crippen LogP contribution in [0, 0.1) is 47.3 Å². The van der Waals surface area contributed by atoms with Gasteiger partial charge in [-0.25, -0.2) is 0 Å². The average molecular weight is 681 g/mol. The number of carbonyl (C=O) groups excluding carboxylic acids is 1. The normalized spacial score (nSPS) is 47.7.